The molecule has 1 unspecified atom stereocenters. The Morgan fingerprint density at radius 3 is 1.90 bits per heavy atom. The molecule has 0 heterocycles. The zero-order valence-electron chi connectivity index (χ0n) is 14.1. The highest BCUT2D eigenvalue weighted by molar-refractivity contribution is 4.54. The fraction of sp³-hybridized carbons (Fsp3) is 1.00. The standard InChI is InChI=1S/C17H36O4/c1-3-4-5-6-8-17(2)9-7-11-19-13-15-21-16-14-20-12-10-18/h17-18H,3-16H2,1-2H3. The highest BCUT2D eigenvalue weighted by Gasteiger charge is 2.01. The Morgan fingerprint density at radius 2 is 1.29 bits per heavy atom. The third-order valence-corrected chi connectivity index (χ3v) is 3.52. The lowest BCUT2D eigenvalue weighted by Crippen LogP contribution is -2.11. The van der Waals surface area contributed by atoms with Crippen molar-refractivity contribution in [2.45, 2.75) is 58.8 Å². The van der Waals surface area contributed by atoms with E-state index < -0.39 is 0 Å². The van der Waals surface area contributed by atoms with Crippen LogP contribution in [-0.2, 0) is 14.2 Å². The lowest BCUT2D eigenvalue weighted by atomic mass is 9.98. The molecule has 1 N–H and O–H groups in total. The van der Waals surface area contributed by atoms with Gasteiger partial charge in [-0.2, -0.15) is 0 Å². The molecule has 4 nitrogen and oxygen atoms in total. The first kappa shape index (κ1) is 20.8. The van der Waals surface area contributed by atoms with Crippen LogP contribution < -0.4 is 0 Å². The monoisotopic (exact) mass is 304 g/mol. The molecular weight excluding hydrogens is 268 g/mol. The van der Waals surface area contributed by atoms with E-state index in [0.29, 0.717) is 33.0 Å². The Bertz CT molecular complexity index is 188. The van der Waals surface area contributed by atoms with Gasteiger partial charge in [0, 0.05) is 6.61 Å². The van der Waals surface area contributed by atoms with Gasteiger partial charge < -0.3 is 19.3 Å². The van der Waals surface area contributed by atoms with E-state index in [2.05, 4.69) is 13.8 Å². The van der Waals surface area contributed by atoms with E-state index in [1.165, 1.54) is 38.5 Å². The molecule has 0 aliphatic rings. The first-order chi connectivity index (χ1) is 10.3. The van der Waals surface area contributed by atoms with E-state index in [0.717, 1.165) is 18.9 Å². The molecule has 0 rings (SSSR count). The number of aliphatic hydroxyl groups is 1. The molecular formula is C17H36O4. The van der Waals surface area contributed by atoms with Crippen molar-refractivity contribution in [3.05, 3.63) is 0 Å². The van der Waals surface area contributed by atoms with E-state index in [4.69, 9.17) is 19.3 Å². The van der Waals surface area contributed by atoms with Crippen molar-refractivity contribution in [2.75, 3.05) is 46.2 Å². The van der Waals surface area contributed by atoms with Crippen LogP contribution in [0.2, 0.25) is 0 Å². The molecule has 0 radical (unpaired) electrons. The van der Waals surface area contributed by atoms with Crippen molar-refractivity contribution in [1.29, 1.82) is 0 Å². The van der Waals surface area contributed by atoms with Gasteiger partial charge >= 0.3 is 0 Å². The minimum atomic E-state index is 0.0696. The van der Waals surface area contributed by atoms with Crippen molar-refractivity contribution in [1.82, 2.24) is 0 Å². The topological polar surface area (TPSA) is 47.9 Å². The zero-order chi connectivity index (χ0) is 15.6. The molecule has 0 saturated heterocycles. The molecule has 0 aliphatic carbocycles. The van der Waals surface area contributed by atoms with Gasteiger partial charge in [0.05, 0.1) is 39.6 Å². The summed E-state index contributed by atoms with van der Waals surface area (Å²) in [5.74, 6) is 0.824. The van der Waals surface area contributed by atoms with E-state index in [-0.39, 0.29) is 6.61 Å². The maximum absolute atomic E-state index is 8.51. The number of ether oxygens (including phenoxy) is 3. The molecule has 21 heavy (non-hydrogen) atoms. The third-order valence-electron chi connectivity index (χ3n) is 3.52. The van der Waals surface area contributed by atoms with Gasteiger partial charge in [0.2, 0.25) is 0 Å². The van der Waals surface area contributed by atoms with Crippen molar-refractivity contribution < 1.29 is 19.3 Å². The van der Waals surface area contributed by atoms with Crippen molar-refractivity contribution in [2.24, 2.45) is 5.92 Å². The predicted octanol–water partition coefficient (Wildman–Crippen LogP) is 3.42. The second kappa shape index (κ2) is 17.9. The molecule has 0 aromatic heterocycles. The van der Waals surface area contributed by atoms with Gasteiger partial charge in [0.25, 0.3) is 0 Å². The predicted molar refractivity (Wildman–Crippen MR) is 86.7 cm³/mol. The van der Waals surface area contributed by atoms with Gasteiger partial charge in [-0.3, -0.25) is 0 Å². The molecule has 128 valence electrons. The van der Waals surface area contributed by atoms with Crippen LogP contribution in [-0.4, -0.2) is 51.4 Å². The van der Waals surface area contributed by atoms with Crippen molar-refractivity contribution in [3.8, 4) is 0 Å². The lowest BCUT2D eigenvalue weighted by Gasteiger charge is -2.11. The fourth-order valence-corrected chi connectivity index (χ4v) is 2.20. The van der Waals surface area contributed by atoms with Gasteiger partial charge in [-0.05, 0) is 18.8 Å². The van der Waals surface area contributed by atoms with Crippen LogP contribution in [0.25, 0.3) is 0 Å². The Kier molecular flexibility index (Phi) is 17.8. The first-order valence-electron chi connectivity index (χ1n) is 8.65. The zero-order valence-corrected chi connectivity index (χ0v) is 14.1. The van der Waals surface area contributed by atoms with E-state index in [9.17, 15) is 0 Å². The summed E-state index contributed by atoms with van der Waals surface area (Å²) in [6.07, 6.45) is 9.23. The average Bonchev–Trinajstić information content (AvgIpc) is 2.49. The number of hydrogen-bond acceptors (Lipinski definition) is 4. The van der Waals surface area contributed by atoms with Crippen LogP contribution in [0, 0.1) is 5.92 Å². The molecule has 0 spiro atoms. The Morgan fingerprint density at radius 1 is 0.714 bits per heavy atom. The van der Waals surface area contributed by atoms with E-state index >= 15 is 0 Å². The Labute approximate surface area is 131 Å². The third kappa shape index (κ3) is 17.8. The normalized spacial score (nSPS) is 12.7. The minimum absolute atomic E-state index is 0.0696. The van der Waals surface area contributed by atoms with Crippen LogP contribution in [0.5, 0.6) is 0 Å². The highest BCUT2D eigenvalue weighted by Crippen LogP contribution is 2.15. The fourth-order valence-electron chi connectivity index (χ4n) is 2.20. The smallest absolute Gasteiger partial charge is 0.0701 e. The van der Waals surface area contributed by atoms with Gasteiger partial charge in [0.15, 0.2) is 0 Å². The minimum Gasteiger partial charge on any atom is -0.394 e. The largest absolute Gasteiger partial charge is 0.394 e. The number of rotatable bonds is 17. The second-order valence-corrected chi connectivity index (χ2v) is 5.66. The number of unbranched alkanes of at least 4 members (excludes halogenated alkanes) is 3. The average molecular weight is 304 g/mol. The number of aliphatic hydroxyl groups excluding tert-OH is 1. The molecule has 1 atom stereocenters. The Balaban J connectivity index is 3.07. The summed E-state index contributed by atoms with van der Waals surface area (Å²) in [6.45, 7) is 8.28. The van der Waals surface area contributed by atoms with Gasteiger partial charge in [-0.15, -0.1) is 0 Å². The maximum atomic E-state index is 8.51. The van der Waals surface area contributed by atoms with Gasteiger partial charge in [-0.25, -0.2) is 0 Å². The molecule has 0 bridgehead atoms. The SMILES string of the molecule is CCCCCCC(C)CCCOCCOCCOCCO. The Hall–Kier alpha value is -0.160. The van der Waals surface area contributed by atoms with Crippen molar-refractivity contribution in [3.63, 3.8) is 0 Å². The summed E-state index contributed by atoms with van der Waals surface area (Å²) in [5.41, 5.74) is 0. The summed E-state index contributed by atoms with van der Waals surface area (Å²) in [5, 5.41) is 8.51. The van der Waals surface area contributed by atoms with Crippen LogP contribution >= 0.6 is 0 Å². The molecule has 0 fully saturated rings. The molecule has 0 amide bonds. The van der Waals surface area contributed by atoms with E-state index in [1.807, 2.05) is 0 Å². The van der Waals surface area contributed by atoms with Crippen LogP contribution in [0.3, 0.4) is 0 Å². The van der Waals surface area contributed by atoms with Crippen LogP contribution in [0.15, 0.2) is 0 Å². The maximum Gasteiger partial charge on any atom is 0.0701 e. The molecule has 0 aliphatic heterocycles. The number of hydrogen-bond donors (Lipinski definition) is 1. The van der Waals surface area contributed by atoms with E-state index in [1.54, 1.807) is 0 Å². The van der Waals surface area contributed by atoms with Gasteiger partial charge in [0.1, 0.15) is 0 Å². The molecule has 0 aromatic carbocycles. The lowest BCUT2D eigenvalue weighted by molar-refractivity contribution is 0.00690. The summed E-state index contributed by atoms with van der Waals surface area (Å²) in [4.78, 5) is 0. The molecule has 0 aromatic rings. The first-order valence-corrected chi connectivity index (χ1v) is 8.65. The van der Waals surface area contributed by atoms with Crippen LogP contribution in [0.4, 0.5) is 0 Å². The molecule has 4 heteroatoms. The summed E-state index contributed by atoms with van der Waals surface area (Å²) in [7, 11) is 0. The summed E-state index contributed by atoms with van der Waals surface area (Å²) >= 11 is 0. The molecule has 0 saturated carbocycles. The van der Waals surface area contributed by atoms with Crippen molar-refractivity contribution >= 4 is 0 Å². The highest BCUT2D eigenvalue weighted by atomic mass is 16.5. The quantitative estimate of drug-likeness (QED) is 0.418. The summed E-state index contributed by atoms with van der Waals surface area (Å²) in [6, 6.07) is 0. The van der Waals surface area contributed by atoms with Gasteiger partial charge in [-0.1, -0.05) is 46.0 Å². The summed E-state index contributed by atoms with van der Waals surface area (Å²) < 4.78 is 16.0. The second-order valence-electron chi connectivity index (χ2n) is 5.66. The van der Waals surface area contributed by atoms with Crippen LogP contribution in [0.1, 0.15) is 58.8 Å².